The molecule has 0 saturated carbocycles. The lowest BCUT2D eigenvalue weighted by Gasteiger charge is -2.16. The van der Waals surface area contributed by atoms with Crippen molar-refractivity contribution in [3.8, 4) is 0 Å². The highest BCUT2D eigenvalue weighted by Gasteiger charge is 2.27. The van der Waals surface area contributed by atoms with Gasteiger partial charge >= 0.3 is 5.97 Å². The second-order valence-corrected chi connectivity index (χ2v) is 7.38. The first kappa shape index (κ1) is 19.3. The number of esters is 1. The summed E-state index contributed by atoms with van der Waals surface area (Å²) in [5.41, 5.74) is 2.93. The monoisotopic (exact) mass is 412 g/mol. The molecule has 1 aliphatic carbocycles. The highest BCUT2D eigenvalue weighted by molar-refractivity contribution is 6.30. The number of ether oxygens (including phenoxy) is 1. The van der Waals surface area contributed by atoms with Crippen molar-refractivity contribution in [2.45, 2.75) is 32.3 Å². The predicted octanol–water partition coefficient (Wildman–Crippen LogP) is 4.70. The minimum absolute atomic E-state index is 0.0300. The quantitative estimate of drug-likeness (QED) is 0.630. The third-order valence-corrected chi connectivity index (χ3v) is 5.20. The predicted molar refractivity (Wildman–Crippen MR) is 109 cm³/mol. The molecule has 0 aliphatic heterocycles. The van der Waals surface area contributed by atoms with Crippen LogP contribution in [0.25, 0.3) is 10.9 Å². The number of aryl methyl sites for hydroxylation is 1. The SMILES string of the molecule is C[C@H](OC(=O)c1c2c(nc3ccccc13)CCC2)C(=O)Nc1ccc(Cl)cc1F. The zero-order chi connectivity index (χ0) is 20.5. The molecule has 1 atom stereocenters. The molecule has 1 aliphatic rings. The molecule has 4 rings (SSSR count). The molecule has 1 N–H and O–H groups in total. The summed E-state index contributed by atoms with van der Waals surface area (Å²) in [7, 11) is 0. The van der Waals surface area contributed by atoms with Crippen LogP contribution in [0.5, 0.6) is 0 Å². The van der Waals surface area contributed by atoms with Crippen molar-refractivity contribution in [1.29, 1.82) is 0 Å². The molecule has 1 heterocycles. The van der Waals surface area contributed by atoms with E-state index in [2.05, 4.69) is 10.3 Å². The Morgan fingerprint density at radius 3 is 2.79 bits per heavy atom. The van der Waals surface area contributed by atoms with Crippen LogP contribution in [0, 0.1) is 5.82 Å². The lowest BCUT2D eigenvalue weighted by molar-refractivity contribution is -0.123. The molecule has 29 heavy (non-hydrogen) atoms. The first-order valence-electron chi connectivity index (χ1n) is 9.31. The third kappa shape index (κ3) is 3.80. The van der Waals surface area contributed by atoms with Gasteiger partial charge in [-0.25, -0.2) is 9.18 Å². The Balaban J connectivity index is 1.57. The number of nitrogens with zero attached hydrogens (tertiary/aromatic N) is 1. The number of fused-ring (bicyclic) bond motifs is 2. The van der Waals surface area contributed by atoms with Crippen molar-refractivity contribution < 1.29 is 18.7 Å². The molecule has 3 aromatic rings. The molecule has 2 aromatic carbocycles. The highest BCUT2D eigenvalue weighted by atomic mass is 35.5. The van der Waals surface area contributed by atoms with E-state index in [4.69, 9.17) is 16.3 Å². The van der Waals surface area contributed by atoms with Crippen LogP contribution in [0.4, 0.5) is 10.1 Å². The fourth-order valence-electron chi connectivity index (χ4n) is 3.54. The van der Waals surface area contributed by atoms with Crippen LogP contribution in [0.2, 0.25) is 5.02 Å². The van der Waals surface area contributed by atoms with E-state index in [1.54, 1.807) is 0 Å². The molecule has 0 spiro atoms. The number of halogens is 2. The summed E-state index contributed by atoms with van der Waals surface area (Å²) in [5.74, 6) is -1.88. The number of para-hydroxylation sites is 1. The Labute approximate surface area is 171 Å². The Morgan fingerprint density at radius 2 is 2.00 bits per heavy atom. The molecule has 0 radical (unpaired) electrons. The first-order valence-corrected chi connectivity index (χ1v) is 9.69. The minimum atomic E-state index is -1.11. The van der Waals surface area contributed by atoms with E-state index >= 15 is 0 Å². The number of benzene rings is 2. The molecular formula is C22H18ClFN2O3. The molecule has 0 unspecified atom stereocenters. The molecule has 0 fully saturated rings. The smallest absolute Gasteiger partial charge is 0.339 e. The Morgan fingerprint density at radius 1 is 1.21 bits per heavy atom. The van der Waals surface area contributed by atoms with Crippen LogP contribution >= 0.6 is 11.6 Å². The number of hydrogen-bond donors (Lipinski definition) is 1. The zero-order valence-corrected chi connectivity index (χ0v) is 16.4. The fraction of sp³-hybridized carbons (Fsp3) is 0.227. The van der Waals surface area contributed by atoms with Gasteiger partial charge in [0, 0.05) is 16.1 Å². The van der Waals surface area contributed by atoms with E-state index in [9.17, 15) is 14.0 Å². The first-order chi connectivity index (χ1) is 13.9. The fourth-order valence-corrected chi connectivity index (χ4v) is 3.70. The topological polar surface area (TPSA) is 68.3 Å². The lowest BCUT2D eigenvalue weighted by atomic mass is 10.0. The molecule has 1 aromatic heterocycles. The maximum absolute atomic E-state index is 13.9. The van der Waals surface area contributed by atoms with Gasteiger partial charge in [-0.05, 0) is 56.0 Å². The summed E-state index contributed by atoms with van der Waals surface area (Å²) in [5, 5.41) is 3.35. The van der Waals surface area contributed by atoms with Gasteiger partial charge in [0.25, 0.3) is 5.91 Å². The maximum atomic E-state index is 13.9. The minimum Gasteiger partial charge on any atom is -0.449 e. The number of pyridine rings is 1. The Bertz CT molecular complexity index is 1130. The number of amides is 1. The molecule has 7 heteroatoms. The van der Waals surface area contributed by atoms with Gasteiger partial charge in [-0.15, -0.1) is 0 Å². The van der Waals surface area contributed by atoms with Crippen LogP contribution in [0.1, 0.15) is 35.0 Å². The Kier molecular flexibility index (Phi) is 5.20. The van der Waals surface area contributed by atoms with Crippen molar-refractivity contribution in [2.24, 2.45) is 0 Å². The van der Waals surface area contributed by atoms with Gasteiger partial charge in [0.15, 0.2) is 6.10 Å². The summed E-state index contributed by atoms with van der Waals surface area (Å²) in [6.07, 6.45) is 1.37. The standard InChI is InChI=1S/C22H18ClFN2O3/c1-12(21(27)26-19-10-9-13(23)11-16(19)24)29-22(28)20-14-5-2-3-7-17(14)25-18-8-4-6-15(18)20/h2-3,5,7,9-12H,4,6,8H2,1H3,(H,26,27)/t12-/m0/s1. The third-order valence-electron chi connectivity index (χ3n) is 4.97. The number of aromatic nitrogens is 1. The van der Waals surface area contributed by atoms with Crippen molar-refractivity contribution in [3.05, 3.63) is 70.1 Å². The van der Waals surface area contributed by atoms with Crippen LogP contribution in [0.3, 0.4) is 0 Å². The van der Waals surface area contributed by atoms with E-state index < -0.39 is 23.8 Å². The molecular weight excluding hydrogens is 395 g/mol. The maximum Gasteiger partial charge on any atom is 0.339 e. The average molecular weight is 413 g/mol. The van der Waals surface area contributed by atoms with Crippen LogP contribution < -0.4 is 5.32 Å². The van der Waals surface area contributed by atoms with Crippen molar-refractivity contribution >= 4 is 40.1 Å². The van der Waals surface area contributed by atoms with E-state index in [0.717, 1.165) is 42.1 Å². The van der Waals surface area contributed by atoms with Gasteiger partial charge in [-0.3, -0.25) is 9.78 Å². The van der Waals surface area contributed by atoms with Gasteiger partial charge in [0.1, 0.15) is 5.82 Å². The number of hydrogen-bond acceptors (Lipinski definition) is 4. The molecule has 1 amide bonds. The van der Waals surface area contributed by atoms with Gasteiger partial charge in [0.05, 0.1) is 16.8 Å². The number of rotatable bonds is 4. The number of anilines is 1. The average Bonchev–Trinajstić information content (AvgIpc) is 3.15. The van der Waals surface area contributed by atoms with E-state index in [0.29, 0.717) is 10.9 Å². The zero-order valence-electron chi connectivity index (χ0n) is 15.7. The Hall–Kier alpha value is -2.99. The van der Waals surface area contributed by atoms with Crippen LogP contribution in [-0.2, 0) is 22.4 Å². The summed E-state index contributed by atoms with van der Waals surface area (Å²) in [4.78, 5) is 30.0. The van der Waals surface area contributed by atoms with Gasteiger partial charge in [-0.2, -0.15) is 0 Å². The summed E-state index contributed by atoms with van der Waals surface area (Å²) in [6, 6.07) is 11.3. The molecule has 0 saturated heterocycles. The van der Waals surface area contributed by atoms with Crippen molar-refractivity contribution in [2.75, 3.05) is 5.32 Å². The summed E-state index contributed by atoms with van der Waals surface area (Å²) in [6.45, 7) is 1.45. The van der Waals surface area contributed by atoms with Gasteiger partial charge in [0.2, 0.25) is 0 Å². The lowest BCUT2D eigenvalue weighted by Crippen LogP contribution is -2.30. The second-order valence-electron chi connectivity index (χ2n) is 6.94. The van der Waals surface area contributed by atoms with Crippen LogP contribution in [0.15, 0.2) is 42.5 Å². The van der Waals surface area contributed by atoms with Crippen molar-refractivity contribution in [3.63, 3.8) is 0 Å². The number of nitrogens with one attached hydrogen (secondary N) is 1. The molecule has 148 valence electrons. The van der Waals surface area contributed by atoms with Gasteiger partial charge < -0.3 is 10.1 Å². The largest absolute Gasteiger partial charge is 0.449 e. The van der Waals surface area contributed by atoms with E-state index in [1.807, 2.05) is 24.3 Å². The number of carbonyl (C=O) groups excluding carboxylic acids is 2. The summed E-state index contributed by atoms with van der Waals surface area (Å²) < 4.78 is 19.4. The van der Waals surface area contributed by atoms with Gasteiger partial charge in [-0.1, -0.05) is 29.8 Å². The highest BCUT2D eigenvalue weighted by Crippen LogP contribution is 2.30. The van der Waals surface area contributed by atoms with E-state index in [-0.39, 0.29) is 10.7 Å². The normalized spacial score (nSPS) is 13.8. The van der Waals surface area contributed by atoms with E-state index in [1.165, 1.54) is 19.1 Å². The second kappa shape index (κ2) is 7.79. The number of carbonyl (C=O) groups is 2. The summed E-state index contributed by atoms with van der Waals surface area (Å²) >= 11 is 5.72. The van der Waals surface area contributed by atoms with Crippen LogP contribution in [-0.4, -0.2) is 23.0 Å². The van der Waals surface area contributed by atoms with Crippen molar-refractivity contribution in [1.82, 2.24) is 4.98 Å². The molecule has 0 bridgehead atoms. The molecule has 5 nitrogen and oxygen atoms in total.